The molecule has 3 aromatic carbocycles. The minimum absolute atomic E-state index is 0.134. The van der Waals surface area contributed by atoms with Gasteiger partial charge in [-0.25, -0.2) is 4.98 Å². The quantitative estimate of drug-likeness (QED) is 0.502. The Morgan fingerprint density at radius 3 is 2.34 bits per heavy atom. The van der Waals surface area contributed by atoms with Gasteiger partial charge in [-0.15, -0.1) is 0 Å². The number of hydrogen-bond donors (Lipinski definition) is 1. The number of carbonyl (C=O) groups excluding carboxylic acids is 1. The van der Waals surface area contributed by atoms with Crippen LogP contribution in [0, 0.1) is 0 Å². The second-order valence-corrected chi connectivity index (χ2v) is 7.61. The number of anilines is 2. The molecule has 0 atom stereocenters. The number of fused-ring (bicyclic) bond motifs is 1. The second-order valence-electron chi connectivity index (χ2n) is 7.61. The van der Waals surface area contributed by atoms with Crippen molar-refractivity contribution in [1.82, 2.24) is 9.55 Å². The topological polar surface area (TPSA) is 67.2 Å². The fraction of sp³-hybridized carbons (Fsp3) is 0.115. The Hall–Kier alpha value is -4.19. The number of aromatic nitrogens is 2. The van der Waals surface area contributed by atoms with Gasteiger partial charge in [-0.1, -0.05) is 48.5 Å². The van der Waals surface area contributed by atoms with E-state index in [2.05, 4.69) is 10.3 Å². The summed E-state index contributed by atoms with van der Waals surface area (Å²) in [5, 5.41) is 3.31. The second kappa shape index (κ2) is 9.31. The Morgan fingerprint density at radius 2 is 1.62 bits per heavy atom. The monoisotopic (exact) mass is 424 g/mol. The van der Waals surface area contributed by atoms with E-state index in [-0.39, 0.29) is 18.0 Å². The maximum atomic E-state index is 13.2. The van der Waals surface area contributed by atoms with Crippen LogP contribution in [0.1, 0.15) is 11.4 Å². The molecule has 32 heavy (non-hydrogen) atoms. The number of rotatable bonds is 6. The first kappa shape index (κ1) is 21.1. The van der Waals surface area contributed by atoms with Crippen molar-refractivity contribution in [2.24, 2.45) is 0 Å². The lowest BCUT2D eigenvalue weighted by molar-refractivity contribution is -0.116. The first-order chi connectivity index (χ1) is 15.5. The first-order valence-corrected chi connectivity index (χ1v) is 10.3. The standard InChI is InChI=1S/C26H24N4O2/c1-29(2)21-15-12-19(13-16-21)14-17-24-28-23-11-7-6-10-22(23)26(32)30(24)18-25(31)27-20-8-4-3-5-9-20/h3-17H,18H2,1-2H3,(H,27,31)/b17-14+. The molecule has 0 aliphatic carbocycles. The molecule has 6 nitrogen and oxygen atoms in total. The lowest BCUT2D eigenvalue weighted by Crippen LogP contribution is -2.30. The molecule has 6 heteroatoms. The van der Waals surface area contributed by atoms with Crippen LogP contribution in [0.4, 0.5) is 11.4 Å². The number of amides is 1. The molecule has 0 aliphatic rings. The number of benzene rings is 3. The molecule has 0 saturated carbocycles. The van der Waals surface area contributed by atoms with Crippen LogP contribution in [0.15, 0.2) is 83.7 Å². The van der Waals surface area contributed by atoms with E-state index >= 15 is 0 Å². The molecule has 1 amide bonds. The van der Waals surface area contributed by atoms with Crippen molar-refractivity contribution in [2.45, 2.75) is 6.54 Å². The fourth-order valence-electron chi connectivity index (χ4n) is 3.39. The third-order valence-corrected chi connectivity index (χ3v) is 5.08. The van der Waals surface area contributed by atoms with Crippen molar-refractivity contribution in [2.75, 3.05) is 24.3 Å². The minimum atomic E-state index is -0.291. The van der Waals surface area contributed by atoms with Gasteiger partial charge in [-0.3, -0.25) is 14.2 Å². The molecule has 1 N–H and O–H groups in total. The molecule has 0 unspecified atom stereocenters. The third-order valence-electron chi connectivity index (χ3n) is 5.08. The normalized spacial score (nSPS) is 11.1. The summed E-state index contributed by atoms with van der Waals surface area (Å²) in [5.41, 5.74) is 3.09. The van der Waals surface area contributed by atoms with Gasteiger partial charge in [-0.05, 0) is 48.0 Å². The van der Waals surface area contributed by atoms with Gasteiger partial charge in [0.1, 0.15) is 12.4 Å². The van der Waals surface area contributed by atoms with E-state index in [1.165, 1.54) is 4.57 Å². The summed E-state index contributed by atoms with van der Waals surface area (Å²) < 4.78 is 1.41. The highest BCUT2D eigenvalue weighted by Crippen LogP contribution is 2.15. The maximum Gasteiger partial charge on any atom is 0.262 e. The molecule has 0 saturated heterocycles. The zero-order valence-corrected chi connectivity index (χ0v) is 18.0. The summed E-state index contributed by atoms with van der Waals surface area (Å²) in [6.45, 7) is -0.134. The van der Waals surface area contributed by atoms with Crippen molar-refractivity contribution < 1.29 is 4.79 Å². The highest BCUT2D eigenvalue weighted by atomic mass is 16.2. The Bertz CT molecular complexity index is 1320. The number of hydrogen-bond acceptors (Lipinski definition) is 4. The van der Waals surface area contributed by atoms with Gasteiger partial charge in [-0.2, -0.15) is 0 Å². The fourth-order valence-corrected chi connectivity index (χ4v) is 3.39. The van der Waals surface area contributed by atoms with Crippen LogP contribution in [-0.4, -0.2) is 29.6 Å². The van der Waals surface area contributed by atoms with Gasteiger partial charge < -0.3 is 10.2 Å². The Labute approximate surface area is 186 Å². The molecule has 160 valence electrons. The van der Waals surface area contributed by atoms with Crippen molar-refractivity contribution in [1.29, 1.82) is 0 Å². The van der Waals surface area contributed by atoms with Crippen molar-refractivity contribution in [3.05, 3.63) is 101 Å². The van der Waals surface area contributed by atoms with E-state index in [1.54, 1.807) is 36.4 Å². The lowest BCUT2D eigenvalue weighted by Gasteiger charge is -2.12. The first-order valence-electron chi connectivity index (χ1n) is 10.3. The van der Waals surface area contributed by atoms with Crippen LogP contribution in [0.2, 0.25) is 0 Å². The highest BCUT2D eigenvalue weighted by Gasteiger charge is 2.13. The van der Waals surface area contributed by atoms with Crippen molar-refractivity contribution >= 4 is 40.3 Å². The van der Waals surface area contributed by atoms with E-state index in [0.29, 0.717) is 22.4 Å². The zero-order valence-electron chi connectivity index (χ0n) is 18.0. The number of nitrogens with one attached hydrogen (secondary N) is 1. The molecule has 4 aromatic rings. The van der Waals surface area contributed by atoms with Gasteiger partial charge in [0, 0.05) is 25.5 Å². The number of carbonyl (C=O) groups is 1. The van der Waals surface area contributed by atoms with E-state index in [1.807, 2.05) is 73.6 Å². The van der Waals surface area contributed by atoms with Crippen LogP contribution in [0.25, 0.3) is 23.1 Å². The zero-order chi connectivity index (χ0) is 22.5. The minimum Gasteiger partial charge on any atom is -0.378 e. The molecule has 0 bridgehead atoms. The van der Waals surface area contributed by atoms with E-state index in [0.717, 1.165) is 11.3 Å². The number of nitrogens with zero attached hydrogens (tertiary/aromatic N) is 3. The van der Waals surface area contributed by atoms with Crippen molar-refractivity contribution in [3.63, 3.8) is 0 Å². The van der Waals surface area contributed by atoms with Gasteiger partial charge in [0.2, 0.25) is 5.91 Å². The molecule has 0 spiro atoms. The average Bonchev–Trinajstić information content (AvgIpc) is 2.80. The summed E-state index contributed by atoms with van der Waals surface area (Å²) >= 11 is 0. The summed E-state index contributed by atoms with van der Waals surface area (Å²) in [7, 11) is 3.98. The molecular weight excluding hydrogens is 400 g/mol. The molecule has 0 aliphatic heterocycles. The Balaban J connectivity index is 1.68. The molecule has 1 aromatic heterocycles. The molecule has 0 radical (unpaired) electrons. The van der Waals surface area contributed by atoms with Gasteiger partial charge >= 0.3 is 0 Å². The summed E-state index contributed by atoms with van der Waals surface area (Å²) in [5.74, 6) is 0.133. The summed E-state index contributed by atoms with van der Waals surface area (Å²) in [6.07, 6.45) is 3.66. The highest BCUT2D eigenvalue weighted by molar-refractivity contribution is 5.91. The van der Waals surface area contributed by atoms with Gasteiger partial charge in [0.25, 0.3) is 5.56 Å². The van der Waals surface area contributed by atoms with E-state index < -0.39 is 0 Å². The summed E-state index contributed by atoms with van der Waals surface area (Å²) in [6, 6.07) is 24.4. The molecule has 4 rings (SSSR count). The van der Waals surface area contributed by atoms with E-state index in [9.17, 15) is 9.59 Å². The summed E-state index contributed by atoms with van der Waals surface area (Å²) in [4.78, 5) is 32.5. The maximum absolute atomic E-state index is 13.2. The number of para-hydroxylation sites is 2. The molecule has 1 heterocycles. The lowest BCUT2D eigenvalue weighted by atomic mass is 10.2. The van der Waals surface area contributed by atoms with Crippen LogP contribution in [0.3, 0.4) is 0 Å². The largest absolute Gasteiger partial charge is 0.378 e. The van der Waals surface area contributed by atoms with Crippen LogP contribution in [0.5, 0.6) is 0 Å². The van der Waals surface area contributed by atoms with Crippen LogP contribution in [-0.2, 0) is 11.3 Å². The van der Waals surface area contributed by atoms with Crippen LogP contribution >= 0.6 is 0 Å². The SMILES string of the molecule is CN(C)c1ccc(/C=C/c2nc3ccccc3c(=O)n2CC(=O)Nc2ccccc2)cc1. The van der Waals surface area contributed by atoms with Gasteiger partial charge in [0.15, 0.2) is 0 Å². The molecular formula is C26H24N4O2. The average molecular weight is 425 g/mol. The van der Waals surface area contributed by atoms with E-state index in [4.69, 9.17) is 0 Å². The molecule has 0 fully saturated rings. The Kier molecular flexibility index (Phi) is 6.12. The predicted molar refractivity (Wildman–Crippen MR) is 131 cm³/mol. The predicted octanol–water partition coefficient (Wildman–Crippen LogP) is 4.27. The smallest absolute Gasteiger partial charge is 0.262 e. The Morgan fingerprint density at radius 1 is 0.938 bits per heavy atom. The van der Waals surface area contributed by atoms with Crippen LogP contribution < -0.4 is 15.8 Å². The van der Waals surface area contributed by atoms with Gasteiger partial charge in [0.05, 0.1) is 10.9 Å². The van der Waals surface area contributed by atoms with Crippen molar-refractivity contribution in [3.8, 4) is 0 Å². The third kappa shape index (κ3) is 4.75.